The molecule has 12 heavy (non-hydrogen) atoms. The first kappa shape index (κ1) is 8.51. The maximum Gasteiger partial charge on any atom is 0.317 e. The van der Waals surface area contributed by atoms with Gasteiger partial charge in [-0.1, -0.05) is 5.10 Å². The van der Waals surface area contributed by atoms with Crippen LogP contribution in [0.15, 0.2) is 4.42 Å². The first-order valence-electron chi connectivity index (χ1n) is 3.31. The summed E-state index contributed by atoms with van der Waals surface area (Å²) in [5, 5.41) is 15.5. The summed E-state index contributed by atoms with van der Waals surface area (Å²) in [6.45, 7) is 0. The summed E-state index contributed by atoms with van der Waals surface area (Å²) < 4.78 is 4.98. The SMILES string of the molecule is CN(C)c1nnc(CC(=O)O)o1. The third-order valence-corrected chi connectivity index (χ3v) is 1.14. The van der Waals surface area contributed by atoms with Crippen molar-refractivity contribution in [1.29, 1.82) is 0 Å². The van der Waals surface area contributed by atoms with Crippen molar-refractivity contribution in [2.75, 3.05) is 19.0 Å². The van der Waals surface area contributed by atoms with Gasteiger partial charge in [-0.05, 0) is 0 Å². The molecule has 0 unspecified atom stereocenters. The Bertz CT molecular complexity index is 281. The maximum atomic E-state index is 10.2. The highest BCUT2D eigenvalue weighted by atomic mass is 16.4. The van der Waals surface area contributed by atoms with Crippen molar-refractivity contribution in [2.45, 2.75) is 6.42 Å². The molecule has 0 atom stereocenters. The standard InChI is InChI=1S/C6H9N3O3/c1-9(2)6-8-7-4(12-6)3-5(10)11/h3H2,1-2H3,(H,10,11). The van der Waals surface area contributed by atoms with Crippen LogP contribution in [0.3, 0.4) is 0 Å². The predicted octanol–water partition coefficient (Wildman–Crippen LogP) is -0.237. The van der Waals surface area contributed by atoms with Crippen LogP contribution in [0.25, 0.3) is 0 Å². The zero-order valence-corrected chi connectivity index (χ0v) is 6.81. The van der Waals surface area contributed by atoms with Crippen molar-refractivity contribution in [3.05, 3.63) is 5.89 Å². The van der Waals surface area contributed by atoms with Crippen molar-refractivity contribution in [2.24, 2.45) is 0 Å². The summed E-state index contributed by atoms with van der Waals surface area (Å²) >= 11 is 0. The summed E-state index contributed by atoms with van der Waals surface area (Å²) in [6.07, 6.45) is -0.235. The van der Waals surface area contributed by atoms with E-state index in [1.165, 1.54) is 0 Å². The number of carbonyl (C=O) groups is 1. The molecule has 0 spiro atoms. The van der Waals surface area contributed by atoms with Crippen molar-refractivity contribution in [1.82, 2.24) is 10.2 Å². The van der Waals surface area contributed by atoms with E-state index in [0.717, 1.165) is 0 Å². The van der Waals surface area contributed by atoms with Crippen LogP contribution in [0.2, 0.25) is 0 Å². The molecule has 1 aromatic rings. The van der Waals surface area contributed by atoms with Crippen molar-refractivity contribution >= 4 is 12.0 Å². The van der Waals surface area contributed by atoms with E-state index in [9.17, 15) is 4.79 Å². The number of carboxylic acid groups (broad SMARTS) is 1. The Morgan fingerprint density at radius 1 is 1.58 bits per heavy atom. The molecule has 0 aliphatic carbocycles. The quantitative estimate of drug-likeness (QED) is 0.676. The molecule has 0 amide bonds. The molecular weight excluding hydrogens is 162 g/mol. The summed E-state index contributed by atoms with van der Waals surface area (Å²) in [4.78, 5) is 11.8. The number of carboxylic acids is 1. The second-order valence-corrected chi connectivity index (χ2v) is 2.44. The van der Waals surface area contributed by atoms with Gasteiger partial charge in [-0.2, -0.15) is 0 Å². The van der Waals surface area contributed by atoms with Crippen LogP contribution in [0, 0.1) is 0 Å². The maximum absolute atomic E-state index is 10.2. The molecule has 1 aromatic heterocycles. The molecule has 6 heteroatoms. The van der Waals surface area contributed by atoms with E-state index < -0.39 is 5.97 Å². The van der Waals surface area contributed by atoms with Gasteiger partial charge >= 0.3 is 12.0 Å². The normalized spacial score (nSPS) is 9.83. The number of rotatable bonds is 3. The lowest BCUT2D eigenvalue weighted by atomic mass is 10.4. The highest BCUT2D eigenvalue weighted by Crippen LogP contribution is 2.08. The first-order chi connectivity index (χ1) is 5.59. The van der Waals surface area contributed by atoms with Crippen molar-refractivity contribution < 1.29 is 14.3 Å². The van der Waals surface area contributed by atoms with Crippen LogP contribution in [-0.2, 0) is 11.2 Å². The van der Waals surface area contributed by atoms with Gasteiger partial charge in [0.05, 0.1) is 0 Å². The Morgan fingerprint density at radius 3 is 2.67 bits per heavy atom. The average molecular weight is 171 g/mol. The summed E-state index contributed by atoms with van der Waals surface area (Å²) in [7, 11) is 3.47. The minimum Gasteiger partial charge on any atom is -0.481 e. The van der Waals surface area contributed by atoms with Gasteiger partial charge in [0.2, 0.25) is 5.89 Å². The van der Waals surface area contributed by atoms with Crippen LogP contribution in [-0.4, -0.2) is 35.4 Å². The van der Waals surface area contributed by atoms with E-state index in [2.05, 4.69) is 10.2 Å². The highest BCUT2D eigenvalue weighted by Gasteiger charge is 2.10. The Balaban J connectivity index is 2.70. The minimum atomic E-state index is -0.982. The Morgan fingerprint density at radius 2 is 2.25 bits per heavy atom. The minimum absolute atomic E-state index is 0.117. The zero-order chi connectivity index (χ0) is 9.14. The van der Waals surface area contributed by atoms with E-state index in [-0.39, 0.29) is 12.3 Å². The van der Waals surface area contributed by atoms with Crippen LogP contribution in [0.5, 0.6) is 0 Å². The number of nitrogens with zero attached hydrogens (tertiary/aromatic N) is 3. The summed E-state index contributed by atoms with van der Waals surface area (Å²) in [6, 6.07) is 0.311. The fourth-order valence-corrected chi connectivity index (χ4v) is 0.626. The molecule has 0 aromatic carbocycles. The van der Waals surface area contributed by atoms with E-state index in [1.54, 1.807) is 19.0 Å². The van der Waals surface area contributed by atoms with Crippen LogP contribution < -0.4 is 4.90 Å². The van der Waals surface area contributed by atoms with Gasteiger partial charge in [0.25, 0.3) is 0 Å². The second-order valence-electron chi connectivity index (χ2n) is 2.44. The molecular formula is C6H9N3O3. The van der Waals surface area contributed by atoms with Crippen LogP contribution in [0.1, 0.15) is 5.89 Å². The lowest BCUT2D eigenvalue weighted by Gasteiger charge is -2.02. The lowest BCUT2D eigenvalue weighted by molar-refractivity contribution is -0.136. The van der Waals surface area contributed by atoms with Crippen molar-refractivity contribution in [3.8, 4) is 0 Å². The number of hydrogen-bond donors (Lipinski definition) is 1. The average Bonchev–Trinajstić information content (AvgIpc) is 2.34. The largest absolute Gasteiger partial charge is 0.481 e. The molecule has 66 valence electrons. The fraction of sp³-hybridized carbons (Fsp3) is 0.500. The Labute approximate surface area is 68.8 Å². The van der Waals surface area contributed by atoms with Gasteiger partial charge in [-0.25, -0.2) is 0 Å². The molecule has 1 N–H and O–H groups in total. The molecule has 6 nitrogen and oxygen atoms in total. The predicted molar refractivity (Wildman–Crippen MR) is 40.0 cm³/mol. The molecule has 0 radical (unpaired) electrons. The lowest BCUT2D eigenvalue weighted by Crippen LogP contribution is -2.08. The molecule has 1 rings (SSSR count). The van der Waals surface area contributed by atoms with E-state index in [4.69, 9.17) is 9.52 Å². The first-order valence-corrected chi connectivity index (χ1v) is 3.31. The Hall–Kier alpha value is -1.59. The molecule has 0 aliphatic rings. The topological polar surface area (TPSA) is 79.5 Å². The van der Waals surface area contributed by atoms with Gasteiger partial charge in [0.15, 0.2) is 0 Å². The van der Waals surface area contributed by atoms with Gasteiger partial charge in [-0.15, -0.1) is 5.10 Å². The molecule has 1 heterocycles. The van der Waals surface area contributed by atoms with Gasteiger partial charge in [0.1, 0.15) is 6.42 Å². The highest BCUT2D eigenvalue weighted by molar-refractivity contribution is 5.68. The second kappa shape index (κ2) is 3.21. The van der Waals surface area contributed by atoms with E-state index in [0.29, 0.717) is 6.01 Å². The van der Waals surface area contributed by atoms with Gasteiger partial charge < -0.3 is 14.4 Å². The number of aliphatic carboxylic acids is 1. The fourth-order valence-electron chi connectivity index (χ4n) is 0.626. The van der Waals surface area contributed by atoms with Crippen molar-refractivity contribution in [3.63, 3.8) is 0 Å². The smallest absolute Gasteiger partial charge is 0.317 e. The van der Waals surface area contributed by atoms with Gasteiger partial charge in [0, 0.05) is 14.1 Å². The monoisotopic (exact) mass is 171 g/mol. The van der Waals surface area contributed by atoms with Gasteiger partial charge in [-0.3, -0.25) is 4.79 Å². The number of aromatic nitrogens is 2. The van der Waals surface area contributed by atoms with Crippen LogP contribution in [0.4, 0.5) is 6.01 Å². The molecule has 0 fully saturated rings. The third kappa shape index (κ3) is 1.94. The number of hydrogen-bond acceptors (Lipinski definition) is 5. The Kier molecular flexibility index (Phi) is 2.27. The number of anilines is 1. The molecule has 0 aliphatic heterocycles. The molecule has 0 saturated carbocycles. The van der Waals surface area contributed by atoms with E-state index >= 15 is 0 Å². The van der Waals surface area contributed by atoms with Crippen LogP contribution >= 0.6 is 0 Å². The summed E-state index contributed by atoms with van der Waals surface area (Å²) in [5.74, 6) is -0.866. The molecule has 0 saturated heterocycles. The molecule has 0 bridgehead atoms. The van der Waals surface area contributed by atoms with E-state index in [1.807, 2.05) is 0 Å². The summed E-state index contributed by atoms with van der Waals surface area (Å²) in [5.41, 5.74) is 0. The third-order valence-electron chi connectivity index (χ3n) is 1.14. The zero-order valence-electron chi connectivity index (χ0n) is 6.81.